The number of anilines is 1. The highest BCUT2D eigenvalue weighted by molar-refractivity contribution is 5.95. The maximum Gasteiger partial charge on any atom is 0.245 e. The van der Waals surface area contributed by atoms with Crippen LogP contribution in [0.3, 0.4) is 0 Å². The zero-order chi connectivity index (χ0) is 16.1. The number of hydrogen-bond acceptors (Lipinski definition) is 3. The summed E-state index contributed by atoms with van der Waals surface area (Å²) in [6.45, 7) is 2.83. The number of nitrogens with zero attached hydrogens (tertiary/aromatic N) is 1. The van der Waals surface area contributed by atoms with E-state index in [1.165, 1.54) is 0 Å². The highest BCUT2D eigenvalue weighted by atomic mass is 16.2. The molecule has 0 aliphatic heterocycles. The van der Waals surface area contributed by atoms with E-state index in [9.17, 15) is 4.79 Å². The summed E-state index contributed by atoms with van der Waals surface area (Å²) in [4.78, 5) is 14.4. The zero-order valence-electron chi connectivity index (χ0n) is 13.3. The van der Waals surface area contributed by atoms with E-state index in [0.29, 0.717) is 0 Å². The van der Waals surface area contributed by atoms with E-state index >= 15 is 0 Å². The van der Waals surface area contributed by atoms with Gasteiger partial charge in [0.25, 0.3) is 0 Å². The predicted molar refractivity (Wildman–Crippen MR) is 90.6 cm³/mol. The molecule has 2 rings (SSSR count). The third-order valence-electron chi connectivity index (χ3n) is 3.41. The summed E-state index contributed by atoms with van der Waals surface area (Å²) in [5.74, 6) is -0.203. The minimum Gasteiger partial charge on any atom is -0.324 e. The smallest absolute Gasteiger partial charge is 0.245 e. The maximum absolute atomic E-state index is 12.3. The van der Waals surface area contributed by atoms with Gasteiger partial charge in [-0.05, 0) is 44.3 Å². The molecular weight excluding hydrogens is 274 g/mol. The van der Waals surface area contributed by atoms with Crippen LogP contribution in [0.4, 0.5) is 5.69 Å². The molecular formula is C18H23N3O. The summed E-state index contributed by atoms with van der Waals surface area (Å²) in [6.07, 6.45) is 0. The van der Waals surface area contributed by atoms with Gasteiger partial charge in [-0.1, -0.05) is 42.0 Å². The number of nitrogens with two attached hydrogens (primary N) is 1. The van der Waals surface area contributed by atoms with Crippen molar-refractivity contribution >= 4 is 11.6 Å². The second-order valence-corrected chi connectivity index (χ2v) is 5.82. The van der Waals surface area contributed by atoms with E-state index in [4.69, 9.17) is 5.73 Å². The number of carbonyl (C=O) groups is 1. The van der Waals surface area contributed by atoms with Gasteiger partial charge in [-0.2, -0.15) is 0 Å². The van der Waals surface area contributed by atoms with E-state index in [0.717, 1.165) is 28.9 Å². The number of rotatable bonds is 5. The average molecular weight is 297 g/mol. The van der Waals surface area contributed by atoms with Crippen molar-refractivity contribution in [2.75, 3.05) is 19.4 Å². The minimum atomic E-state index is -0.668. The monoisotopic (exact) mass is 297 g/mol. The highest BCUT2D eigenvalue weighted by Crippen LogP contribution is 2.16. The fraction of sp³-hybridized carbons (Fsp3) is 0.278. The lowest BCUT2D eigenvalue weighted by molar-refractivity contribution is -0.117. The normalized spacial score (nSPS) is 12.2. The van der Waals surface area contributed by atoms with Gasteiger partial charge in [0.2, 0.25) is 5.91 Å². The molecule has 0 spiro atoms. The third-order valence-corrected chi connectivity index (χ3v) is 3.41. The first-order valence-electron chi connectivity index (χ1n) is 7.32. The van der Waals surface area contributed by atoms with Crippen molar-refractivity contribution in [3.8, 4) is 0 Å². The summed E-state index contributed by atoms with van der Waals surface area (Å²) < 4.78 is 0. The van der Waals surface area contributed by atoms with Crippen LogP contribution in [0.5, 0.6) is 0 Å². The molecule has 0 aliphatic carbocycles. The van der Waals surface area contributed by atoms with Crippen LogP contribution in [0.2, 0.25) is 0 Å². The third kappa shape index (κ3) is 4.41. The van der Waals surface area contributed by atoms with Crippen LogP contribution >= 0.6 is 0 Å². The molecule has 0 aliphatic rings. The highest BCUT2D eigenvalue weighted by Gasteiger charge is 2.15. The van der Waals surface area contributed by atoms with Crippen LogP contribution in [-0.4, -0.2) is 24.9 Å². The van der Waals surface area contributed by atoms with Crippen LogP contribution in [0, 0.1) is 6.92 Å². The molecule has 0 fully saturated rings. The Labute approximate surface area is 131 Å². The first-order valence-corrected chi connectivity index (χ1v) is 7.32. The van der Waals surface area contributed by atoms with Crippen molar-refractivity contribution in [2.24, 2.45) is 5.73 Å². The Morgan fingerprint density at radius 2 is 1.86 bits per heavy atom. The van der Waals surface area contributed by atoms with Crippen LogP contribution in [0.25, 0.3) is 0 Å². The van der Waals surface area contributed by atoms with Gasteiger partial charge < -0.3 is 16.0 Å². The van der Waals surface area contributed by atoms with Crippen LogP contribution in [0.1, 0.15) is 22.7 Å². The minimum absolute atomic E-state index is 0.203. The summed E-state index contributed by atoms with van der Waals surface area (Å²) in [5, 5.41) is 2.89. The predicted octanol–water partition coefficient (Wildman–Crippen LogP) is 2.70. The number of hydrogen-bond donors (Lipinski definition) is 2. The van der Waals surface area contributed by atoms with Gasteiger partial charge in [0.1, 0.15) is 6.04 Å². The summed E-state index contributed by atoms with van der Waals surface area (Å²) >= 11 is 0. The van der Waals surface area contributed by atoms with Gasteiger partial charge in [0.15, 0.2) is 0 Å². The van der Waals surface area contributed by atoms with Gasteiger partial charge in [-0.25, -0.2) is 0 Å². The van der Waals surface area contributed by atoms with Crippen molar-refractivity contribution < 1.29 is 4.79 Å². The number of benzene rings is 2. The van der Waals surface area contributed by atoms with Crippen molar-refractivity contribution in [1.82, 2.24) is 4.90 Å². The second kappa shape index (κ2) is 7.20. The van der Waals surface area contributed by atoms with Crippen LogP contribution in [-0.2, 0) is 11.3 Å². The van der Waals surface area contributed by atoms with Gasteiger partial charge in [-0.15, -0.1) is 0 Å². The Balaban J connectivity index is 2.06. The van der Waals surface area contributed by atoms with Gasteiger partial charge in [0, 0.05) is 12.2 Å². The molecule has 0 bridgehead atoms. The molecule has 22 heavy (non-hydrogen) atoms. The van der Waals surface area contributed by atoms with E-state index in [1.54, 1.807) is 0 Å². The fourth-order valence-corrected chi connectivity index (χ4v) is 2.26. The van der Waals surface area contributed by atoms with Crippen LogP contribution < -0.4 is 11.1 Å². The lowest BCUT2D eigenvalue weighted by atomic mass is 10.1. The molecule has 116 valence electrons. The Morgan fingerprint density at radius 3 is 2.50 bits per heavy atom. The van der Waals surface area contributed by atoms with E-state index in [1.807, 2.05) is 69.6 Å². The topological polar surface area (TPSA) is 58.4 Å². The fourth-order valence-electron chi connectivity index (χ4n) is 2.26. The van der Waals surface area contributed by atoms with E-state index in [2.05, 4.69) is 10.2 Å². The van der Waals surface area contributed by atoms with Gasteiger partial charge in [-0.3, -0.25) is 4.79 Å². The van der Waals surface area contributed by atoms with Crippen LogP contribution in [0.15, 0.2) is 48.5 Å². The Bertz CT molecular complexity index is 635. The Hall–Kier alpha value is -2.17. The molecule has 3 N–H and O–H groups in total. The van der Waals surface area contributed by atoms with Crippen molar-refractivity contribution in [3.05, 3.63) is 65.2 Å². The summed E-state index contributed by atoms with van der Waals surface area (Å²) in [6, 6.07) is 14.8. The molecule has 0 saturated carbocycles. The molecule has 2 aromatic carbocycles. The lowest BCUT2D eigenvalue weighted by Gasteiger charge is -2.14. The lowest BCUT2D eigenvalue weighted by Crippen LogP contribution is -2.27. The van der Waals surface area contributed by atoms with E-state index in [-0.39, 0.29) is 5.91 Å². The van der Waals surface area contributed by atoms with Crippen molar-refractivity contribution in [3.63, 3.8) is 0 Å². The molecule has 2 aromatic rings. The zero-order valence-corrected chi connectivity index (χ0v) is 13.3. The number of carbonyl (C=O) groups excluding carboxylic acids is 1. The van der Waals surface area contributed by atoms with Gasteiger partial charge in [0.05, 0.1) is 0 Å². The SMILES string of the molecule is Cc1ccc(C(N)C(=O)Nc2cccc(CN(C)C)c2)cc1. The molecule has 4 heteroatoms. The molecule has 0 radical (unpaired) electrons. The molecule has 0 heterocycles. The van der Waals surface area contributed by atoms with E-state index < -0.39 is 6.04 Å². The molecule has 4 nitrogen and oxygen atoms in total. The maximum atomic E-state index is 12.3. The molecule has 1 unspecified atom stereocenters. The molecule has 0 aromatic heterocycles. The number of aryl methyl sites for hydroxylation is 1. The first kappa shape index (κ1) is 16.2. The van der Waals surface area contributed by atoms with Gasteiger partial charge >= 0.3 is 0 Å². The standard InChI is InChI=1S/C18H23N3O/c1-13-7-9-15(10-8-13)17(19)18(22)20-16-6-4-5-14(11-16)12-21(2)3/h4-11,17H,12,19H2,1-3H3,(H,20,22). The average Bonchev–Trinajstić information content (AvgIpc) is 2.47. The quantitative estimate of drug-likeness (QED) is 0.892. The number of nitrogens with one attached hydrogen (secondary N) is 1. The van der Waals surface area contributed by atoms with Crippen molar-refractivity contribution in [2.45, 2.75) is 19.5 Å². The molecule has 0 saturated heterocycles. The Kier molecular flexibility index (Phi) is 5.31. The first-order chi connectivity index (χ1) is 10.5. The second-order valence-electron chi connectivity index (χ2n) is 5.82. The molecule has 1 amide bonds. The largest absolute Gasteiger partial charge is 0.324 e. The van der Waals surface area contributed by atoms with Crippen molar-refractivity contribution in [1.29, 1.82) is 0 Å². The summed E-state index contributed by atoms with van der Waals surface area (Å²) in [7, 11) is 4.02. The molecule has 1 atom stereocenters. The summed E-state index contributed by atoms with van der Waals surface area (Å²) in [5.41, 5.74) is 9.91. The number of amides is 1. The Morgan fingerprint density at radius 1 is 1.18 bits per heavy atom.